The molecule has 2 aromatic heterocycles. The summed E-state index contributed by atoms with van der Waals surface area (Å²) in [4.78, 5) is 0. The zero-order valence-electron chi connectivity index (χ0n) is 24.3. The van der Waals surface area contributed by atoms with Gasteiger partial charge < -0.3 is 9.05 Å². The minimum Gasteiger partial charge on any atom is -0.361 e. The van der Waals surface area contributed by atoms with Crippen LogP contribution < -0.4 is 0 Å². The summed E-state index contributed by atoms with van der Waals surface area (Å²) in [6.07, 6.45) is 0. The molecule has 5 heteroatoms. The number of rotatable bonds is 6. The first-order valence-corrected chi connectivity index (χ1v) is 12.6. The Balaban J connectivity index is 0. The van der Waals surface area contributed by atoms with E-state index in [2.05, 4.69) is 114 Å². The van der Waals surface area contributed by atoms with Crippen molar-refractivity contribution in [2.45, 2.75) is 139 Å². The van der Waals surface area contributed by atoms with E-state index >= 15 is 0 Å². The van der Waals surface area contributed by atoms with Crippen molar-refractivity contribution in [2.75, 3.05) is 0 Å². The second kappa shape index (κ2) is 16.2. The first-order chi connectivity index (χ1) is 14.6. The molecule has 0 bridgehead atoms. The molecule has 0 aliphatic heterocycles. The molecule has 0 saturated carbocycles. The van der Waals surface area contributed by atoms with Crippen molar-refractivity contribution in [1.82, 2.24) is 10.3 Å². The van der Waals surface area contributed by atoms with Crippen LogP contribution in [0.4, 0.5) is 0 Å². The van der Waals surface area contributed by atoms with Crippen LogP contribution in [0.25, 0.3) is 0 Å². The van der Waals surface area contributed by atoms with Crippen LogP contribution in [-0.2, 0) is 0 Å². The molecule has 0 atom stereocenters. The standard InChI is InChI=1S/2C12H21NO.C4H10.U/c2*1-7(2)10-11(8(3)4)13-14-12(10)9(5)6;1-4(2)3;/h2*7-9H,1-6H3;4H,1-3H3;. The molecule has 4 nitrogen and oxygen atoms in total. The van der Waals surface area contributed by atoms with Gasteiger partial charge in [0.2, 0.25) is 0 Å². The van der Waals surface area contributed by atoms with E-state index in [9.17, 15) is 0 Å². The molecule has 2 heterocycles. The third kappa shape index (κ3) is 11.2. The average molecular weight is 687 g/mol. The number of hydrogen-bond donors (Lipinski definition) is 0. The fourth-order valence-electron chi connectivity index (χ4n) is 3.47. The number of nitrogens with zero attached hydrogens (tertiary/aromatic N) is 2. The van der Waals surface area contributed by atoms with E-state index in [-0.39, 0.29) is 31.1 Å². The van der Waals surface area contributed by atoms with Crippen LogP contribution in [0.3, 0.4) is 0 Å². The van der Waals surface area contributed by atoms with Crippen LogP contribution in [0.15, 0.2) is 9.05 Å². The van der Waals surface area contributed by atoms with Crippen LogP contribution in [0.5, 0.6) is 0 Å². The smallest absolute Gasteiger partial charge is 0.142 e. The Morgan fingerprint density at radius 1 is 0.424 bits per heavy atom. The van der Waals surface area contributed by atoms with Crippen LogP contribution in [0.1, 0.15) is 173 Å². The Morgan fingerprint density at radius 3 is 0.818 bits per heavy atom. The van der Waals surface area contributed by atoms with Gasteiger partial charge in [0.15, 0.2) is 0 Å². The topological polar surface area (TPSA) is 52.1 Å². The maximum atomic E-state index is 5.43. The summed E-state index contributed by atoms with van der Waals surface area (Å²) in [7, 11) is 0. The summed E-state index contributed by atoms with van der Waals surface area (Å²) in [5.41, 5.74) is 4.89. The van der Waals surface area contributed by atoms with Crippen molar-refractivity contribution in [3.63, 3.8) is 0 Å². The van der Waals surface area contributed by atoms with Crippen molar-refractivity contribution in [2.24, 2.45) is 5.92 Å². The van der Waals surface area contributed by atoms with Gasteiger partial charge in [0, 0.05) is 54.1 Å². The molecule has 0 radical (unpaired) electrons. The monoisotopic (exact) mass is 686 g/mol. The molecule has 0 aliphatic rings. The van der Waals surface area contributed by atoms with E-state index in [1.165, 1.54) is 11.1 Å². The van der Waals surface area contributed by atoms with Gasteiger partial charge in [0.1, 0.15) is 11.5 Å². The SMILES string of the molecule is CC(C)C.CC(C)c1noc(C(C)C)c1C(C)C.CC(C)c1noc(C(C)C)c1C(C)C.[U]. The van der Waals surface area contributed by atoms with Crippen LogP contribution >= 0.6 is 0 Å². The molecule has 0 unspecified atom stereocenters. The van der Waals surface area contributed by atoms with Crippen LogP contribution in [-0.4, -0.2) is 10.3 Å². The van der Waals surface area contributed by atoms with E-state index in [1.807, 2.05) is 0 Å². The fraction of sp³-hybridized carbons (Fsp3) is 0.786. The van der Waals surface area contributed by atoms with Gasteiger partial charge in [-0.3, -0.25) is 0 Å². The molecule has 33 heavy (non-hydrogen) atoms. The predicted octanol–water partition coefficient (Wildman–Crippen LogP) is 9.75. The van der Waals surface area contributed by atoms with Gasteiger partial charge in [-0.2, -0.15) is 0 Å². The van der Waals surface area contributed by atoms with Gasteiger partial charge in [-0.1, -0.05) is 114 Å². The van der Waals surface area contributed by atoms with Crippen molar-refractivity contribution < 1.29 is 40.2 Å². The Kier molecular flexibility index (Phi) is 17.0. The summed E-state index contributed by atoms with van der Waals surface area (Å²) < 4.78 is 10.9. The maximum absolute atomic E-state index is 5.43. The molecular formula is C28H52N2O2U. The van der Waals surface area contributed by atoms with Crippen molar-refractivity contribution >= 4 is 0 Å². The van der Waals surface area contributed by atoms with Gasteiger partial charge >= 0.3 is 0 Å². The van der Waals surface area contributed by atoms with Crippen molar-refractivity contribution in [3.05, 3.63) is 34.0 Å². The Hall–Kier alpha value is -0.528. The zero-order chi connectivity index (χ0) is 25.3. The second-order valence-corrected chi connectivity index (χ2v) is 11.4. The van der Waals surface area contributed by atoms with E-state index in [4.69, 9.17) is 9.05 Å². The summed E-state index contributed by atoms with van der Waals surface area (Å²) in [5, 5.41) is 8.37. The van der Waals surface area contributed by atoms with Crippen LogP contribution in [0, 0.1) is 37.0 Å². The number of aromatic nitrogens is 2. The summed E-state index contributed by atoms with van der Waals surface area (Å²) in [5.74, 6) is 5.69. The minimum atomic E-state index is 0. The molecule has 0 spiro atoms. The molecular weight excluding hydrogens is 634 g/mol. The van der Waals surface area contributed by atoms with Crippen molar-refractivity contribution in [3.8, 4) is 0 Å². The van der Waals surface area contributed by atoms with Gasteiger partial charge in [-0.25, -0.2) is 0 Å². The molecule has 0 aromatic carbocycles. The van der Waals surface area contributed by atoms with Crippen molar-refractivity contribution in [1.29, 1.82) is 0 Å². The zero-order valence-corrected chi connectivity index (χ0v) is 28.4. The van der Waals surface area contributed by atoms with E-state index in [1.54, 1.807) is 0 Å². The van der Waals surface area contributed by atoms with E-state index in [0.29, 0.717) is 35.5 Å². The Bertz CT molecular complexity index is 653. The summed E-state index contributed by atoms with van der Waals surface area (Å²) >= 11 is 0. The third-order valence-electron chi connectivity index (χ3n) is 4.86. The number of hydrogen-bond acceptors (Lipinski definition) is 4. The summed E-state index contributed by atoms with van der Waals surface area (Å²) in [6, 6.07) is 0. The molecule has 2 rings (SSSR count). The molecule has 190 valence electrons. The fourth-order valence-corrected chi connectivity index (χ4v) is 3.47. The molecule has 0 N–H and O–H groups in total. The molecule has 2 aromatic rings. The van der Waals surface area contributed by atoms with Gasteiger partial charge in [0.05, 0.1) is 11.4 Å². The quantitative estimate of drug-likeness (QED) is 0.304. The normalized spacial score (nSPS) is 11.3. The Labute approximate surface area is 228 Å². The largest absolute Gasteiger partial charge is 0.361 e. The van der Waals surface area contributed by atoms with Gasteiger partial charge in [-0.05, 0) is 29.6 Å². The predicted molar refractivity (Wildman–Crippen MR) is 138 cm³/mol. The molecule has 0 amide bonds. The Morgan fingerprint density at radius 2 is 0.667 bits per heavy atom. The average Bonchev–Trinajstić information content (AvgIpc) is 3.26. The van der Waals surface area contributed by atoms with Gasteiger partial charge in [0.25, 0.3) is 0 Å². The molecule has 0 saturated heterocycles. The summed E-state index contributed by atoms with van der Waals surface area (Å²) in [6.45, 7) is 32.5. The third-order valence-corrected chi connectivity index (χ3v) is 4.86. The van der Waals surface area contributed by atoms with E-state index in [0.717, 1.165) is 28.8 Å². The van der Waals surface area contributed by atoms with E-state index < -0.39 is 0 Å². The minimum absolute atomic E-state index is 0. The first kappa shape index (κ1) is 34.6. The second-order valence-electron chi connectivity index (χ2n) is 11.4. The molecule has 0 aliphatic carbocycles. The molecule has 0 fully saturated rings. The maximum Gasteiger partial charge on any atom is 0.142 e. The van der Waals surface area contributed by atoms with Crippen LogP contribution in [0.2, 0.25) is 0 Å². The first-order valence-electron chi connectivity index (χ1n) is 12.6. The van der Waals surface area contributed by atoms with Gasteiger partial charge in [-0.15, -0.1) is 0 Å².